The lowest BCUT2D eigenvalue weighted by atomic mass is 10.1. The maximum absolute atomic E-state index is 10.7. The number of carboxylic acid groups (broad SMARTS) is 1. The number of fused-ring (bicyclic) bond motifs is 1. The van der Waals surface area contributed by atoms with Crippen molar-refractivity contribution < 1.29 is 19.2 Å². The van der Waals surface area contributed by atoms with Gasteiger partial charge in [-0.15, -0.1) is 0 Å². The van der Waals surface area contributed by atoms with Crippen molar-refractivity contribution in [2.45, 2.75) is 39.3 Å². The van der Waals surface area contributed by atoms with E-state index in [1.54, 1.807) is 29.1 Å². The number of halogens is 1. The summed E-state index contributed by atoms with van der Waals surface area (Å²) < 4.78 is 12.6. The summed E-state index contributed by atoms with van der Waals surface area (Å²) in [4.78, 5) is 19.4. The van der Waals surface area contributed by atoms with Gasteiger partial charge in [0.1, 0.15) is 11.6 Å². The molecule has 0 aliphatic carbocycles. The summed E-state index contributed by atoms with van der Waals surface area (Å²) in [5.74, 6) is -0.147. The van der Waals surface area contributed by atoms with Crippen LogP contribution in [0.3, 0.4) is 0 Å². The summed E-state index contributed by atoms with van der Waals surface area (Å²) >= 11 is 6.49. The van der Waals surface area contributed by atoms with Gasteiger partial charge < -0.3 is 14.4 Å². The lowest BCUT2D eigenvalue weighted by Gasteiger charge is -2.09. The molecule has 0 unspecified atom stereocenters. The highest BCUT2D eigenvalue weighted by atomic mass is 35.5. The number of nitrogens with zero attached hydrogens (tertiary/aromatic N) is 6. The number of aromatic nitrogens is 5. The first kappa shape index (κ1) is 22.2. The number of benzene rings is 1. The van der Waals surface area contributed by atoms with Crippen LogP contribution < -0.4 is 4.74 Å². The van der Waals surface area contributed by atoms with E-state index >= 15 is 0 Å². The maximum atomic E-state index is 10.7. The van der Waals surface area contributed by atoms with E-state index in [0.717, 1.165) is 10.9 Å². The number of hydrogen-bond acceptors (Lipinski definition) is 8. The standard InChI is InChI=1S/C22H19ClN6O4/c1-12(2)32-21-13(9-24)6-15(10-25-21)22-27-20(28-33-22)16-7-14-11-26-29(5-3-4-19(30)31)18(14)8-17(16)23/h6-8,10-12H,3-5H2,1-2H3,(H,30,31). The highest BCUT2D eigenvalue weighted by molar-refractivity contribution is 6.34. The summed E-state index contributed by atoms with van der Waals surface area (Å²) in [6.07, 6.45) is 3.57. The van der Waals surface area contributed by atoms with Gasteiger partial charge in [0.25, 0.3) is 5.89 Å². The minimum atomic E-state index is -0.848. The van der Waals surface area contributed by atoms with E-state index < -0.39 is 5.97 Å². The number of ether oxygens (including phenoxy) is 1. The monoisotopic (exact) mass is 466 g/mol. The second-order valence-electron chi connectivity index (χ2n) is 7.53. The quantitative estimate of drug-likeness (QED) is 0.401. The molecule has 0 fully saturated rings. The third-order valence-corrected chi connectivity index (χ3v) is 5.04. The van der Waals surface area contributed by atoms with Crippen LogP contribution in [0.2, 0.25) is 5.02 Å². The highest BCUT2D eigenvalue weighted by Gasteiger charge is 2.18. The predicted octanol–water partition coefficient (Wildman–Crippen LogP) is 4.33. The Morgan fingerprint density at radius 3 is 2.88 bits per heavy atom. The second kappa shape index (κ2) is 9.26. The third kappa shape index (κ3) is 4.78. The van der Waals surface area contributed by atoms with E-state index in [1.807, 2.05) is 13.8 Å². The van der Waals surface area contributed by atoms with E-state index in [2.05, 4.69) is 26.3 Å². The maximum Gasteiger partial charge on any atom is 0.303 e. The minimum Gasteiger partial charge on any atom is -0.481 e. The Morgan fingerprint density at radius 2 is 2.15 bits per heavy atom. The highest BCUT2D eigenvalue weighted by Crippen LogP contribution is 2.32. The van der Waals surface area contributed by atoms with Crippen molar-refractivity contribution in [3.05, 3.63) is 41.2 Å². The van der Waals surface area contributed by atoms with Crippen molar-refractivity contribution in [1.82, 2.24) is 24.9 Å². The van der Waals surface area contributed by atoms with Crippen LogP contribution in [0.25, 0.3) is 33.7 Å². The molecule has 33 heavy (non-hydrogen) atoms. The Balaban J connectivity index is 1.62. The molecule has 4 aromatic rings. The summed E-state index contributed by atoms with van der Waals surface area (Å²) in [5.41, 5.74) is 2.07. The Bertz CT molecular complexity index is 1370. The van der Waals surface area contributed by atoms with Crippen molar-refractivity contribution >= 4 is 28.5 Å². The average molecular weight is 467 g/mol. The van der Waals surface area contributed by atoms with Crippen molar-refractivity contribution in [3.63, 3.8) is 0 Å². The van der Waals surface area contributed by atoms with Gasteiger partial charge in [-0.2, -0.15) is 15.3 Å². The molecule has 3 heterocycles. The van der Waals surface area contributed by atoms with E-state index in [-0.39, 0.29) is 35.7 Å². The number of pyridine rings is 1. The van der Waals surface area contributed by atoms with Gasteiger partial charge in [0.05, 0.1) is 28.4 Å². The SMILES string of the molecule is CC(C)Oc1ncc(-c2nc(-c3cc4cnn(CCCC(=O)O)c4cc3Cl)no2)cc1C#N. The molecule has 1 aromatic carbocycles. The van der Waals surface area contributed by atoms with Crippen molar-refractivity contribution in [1.29, 1.82) is 5.26 Å². The molecule has 3 aromatic heterocycles. The van der Waals surface area contributed by atoms with Gasteiger partial charge in [0, 0.05) is 30.1 Å². The number of carboxylic acids is 1. The first-order valence-electron chi connectivity index (χ1n) is 10.1. The molecule has 0 bridgehead atoms. The molecule has 0 saturated carbocycles. The molecule has 0 atom stereocenters. The average Bonchev–Trinajstić information content (AvgIpc) is 3.40. The molecule has 1 N–H and O–H groups in total. The largest absolute Gasteiger partial charge is 0.481 e. The van der Waals surface area contributed by atoms with Gasteiger partial charge in [-0.3, -0.25) is 9.48 Å². The molecule has 4 rings (SSSR count). The van der Waals surface area contributed by atoms with Crippen molar-refractivity contribution in [2.75, 3.05) is 0 Å². The Hall–Kier alpha value is -3.97. The van der Waals surface area contributed by atoms with Crippen LogP contribution in [0, 0.1) is 11.3 Å². The number of nitriles is 1. The number of aliphatic carboxylic acids is 1. The van der Waals surface area contributed by atoms with E-state index in [0.29, 0.717) is 29.1 Å². The van der Waals surface area contributed by atoms with Gasteiger partial charge >= 0.3 is 5.97 Å². The number of rotatable bonds is 8. The van der Waals surface area contributed by atoms with Crippen LogP contribution in [0.15, 0.2) is 35.1 Å². The molecular formula is C22H19ClN6O4. The molecule has 0 saturated heterocycles. The molecule has 0 amide bonds. The smallest absolute Gasteiger partial charge is 0.303 e. The first-order chi connectivity index (χ1) is 15.9. The Kier molecular flexibility index (Phi) is 6.24. The molecule has 10 nitrogen and oxygen atoms in total. The summed E-state index contributed by atoms with van der Waals surface area (Å²) in [5, 5.41) is 27.8. The third-order valence-electron chi connectivity index (χ3n) is 4.72. The lowest BCUT2D eigenvalue weighted by Crippen LogP contribution is -2.08. The molecular weight excluding hydrogens is 448 g/mol. The fourth-order valence-corrected chi connectivity index (χ4v) is 3.49. The molecule has 0 aliphatic rings. The van der Waals surface area contributed by atoms with Crippen LogP contribution in [-0.4, -0.2) is 42.1 Å². The van der Waals surface area contributed by atoms with Crippen LogP contribution >= 0.6 is 11.6 Å². The number of carbonyl (C=O) groups is 1. The predicted molar refractivity (Wildman–Crippen MR) is 119 cm³/mol. The molecule has 11 heteroatoms. The summed E-state index contributed by atoms with van der Waals surface area (Å²) in [6.45, 7) is 4.16. The van der Waals surface area contributed by atoms with Crippen LogP contribution in [0.1, 0.15) is 32.3 Å². The molecule has 0 radical (unpaired) electrons. The molecule has 0 spiro atoms. The topological polar surface area (TPSA) is 140 Å². The van der Waals surface area contributed by atoms with Crippen molar-refractivity contribution in [3.8, 4) is 34.8 Å². The van der Waals surface area contributed by atoms with Crippen LogP contribution in [0.5, 0.6) is 5.88 Å². The number of aryl methyl sites for hydroxylation is 1. The van der Waals surface area contributed by atoms with E-state index in [4.69, 9.17) is 26.0 Å². The van der Waals surface area contributed by atoms with Gasteiger partial charge in [-0.25, -0.2) is 4.98 Å². The van der Waals surface area contributed by atoms with E-state index in [1.165, 1.54) is 6.20 Å². The van der Waals surface area contributed by atoms with Gasteiger partial charge in [0.15, 0.2) is 0 Å². The fraction of sp³-hybridized carbons (Fsp3) is 0.273. The van der Waals surface area contributed by atoms with Crippen LogP contribution in [-0.2, 0) is 11.3 Å². The normalized spacial score (nSPS) is 11.1. The fourth-order valence-electron chi connectivity index (χ4n) is 3.25. The molecule has 168 valence electrons. The minimum absolute atomic E-state index is 0.0613. The zero-order valence-electron chi connectivity index (χ0n) is 17.8. The first-order valence-corrected chi connectivity index (χ1v) is 10.5. The Morgan fingerprint density at radius 1 is 1.33 bits per heavy atom. The van der Waals surface area contributed by atoms with Crippen LogP contribution in [0.4, 0.5) is 0 Å². The van der Waals surface area contributed by atoms with Gasteiger partial charge in [-0.1, -0.05) is 16.8 Å². The second-order valence-corrected chi connectivity index (χ2v) is 7.94. The zero-order chi connectivity index (χ0) is 23.5. The van der Waals surface area contributed by atoms with Gasteiger partial charge in [0.2, 0.25) is 11.7 Å². The lowest BCUT2D eigenvalue weighted by molar-refractivity contribution is -0.137. The van der Waals surface area contributed by atoms with E-state index in [9.17, 15) is 10.1 Å². The summed E-state index contributed by atoms with van der Waals surface area (Å²) in [6, 6.07) is 7.18. The zero-order valence-corrected chi connectivity index (χ0v) is 18.6. The van der Waals surface area contributed by atoms with Gasteiger partial charge in [-0.05, 0) is 38.5 Å². The Labute approximate surface area is 193 Å². The molecule has 0 aliphatic heterocycles. The summed E-state index contributed by atoms with van der Waals surface area (Å²) in [7, 11) is 0. The van der Waals surface area contributed by atoms with Crippen molar-refractivity contribution in [2.24, 2.45) is 0 Å². The number of hydrogen-bond donors (Lipinski definition) is 1.